The molecule has 4 bridgehead atoms. The predicted octanol–water partition coefficient (Wildman–Crippen LogP) is 8.66. The summed E-state index contributed by atoms with van der Waals surface area (Å²) in [4.78, 5) is 0. The van der Waals surface area contributed by atoms with Crippen LogP contribution in [-0.2, 0) is 18.6 Å². The van der Waals surface area contributed by atoms with E-state index in [-0.39, 0.29) is 29.4 Å². The number of rotatable bonds is 17. The van der Waals surface area contributed by atoms with Gasteiger partial charge in [-0.3, -0.25) is 0 Å². The van der Waals surface area contributed by atoms with Crippen molar-refractivity contribution in [2.45, 2.75) is 96.4 Å². The van der Waals surface area contributed by atoms with E-state index in [1.54, 1.807) is 14.2 Å². The van der Waals surface area contributed by atoms with Crippen molar-refractivity contribution in [3.63, 3.8) is 0 Å². The van der Waals surface area contributed by atoms with E-state index in [9.17, 15) is 10.2 Å². The first kappa shape index (κ1) is 42.3. The van der Waals surface area contributed by atoms with Crippen molar-refractivity contribution >= 4 is 18.7 Å². The molecule has 0 radical (unpaired) electrons. The Bertz CT molecular complexity index is 1730. The number of ether oxygens (including phenoxy) is 4. The molecule has 2 aliphatic carbocycles. The van der Waals surface area contributed by atoms with E-state index in [1.165, 1.54) is 10.4 Å². The van der Waals surface area contributed by atoms with Crippen LogP contribution in [0.1, 0.15) is 84.5 Å². The minimum Gasteiger partial charge on any atom is -0.497 e. The molecule has 302 valence electrons. The molecule has 3 aromatic rings. The average molecular weight is 781 g/mol. The number of allylic oxidation sites excluding steroid dienone is 4. The summed E-state index contributed by atoms with van der Waals surface area (Å²) in [7, 11) is 0.410. The summed E-state index contributed by atoms with van der Waals surface area (Å²) >= 11 is 0. The maximum Gasteiger partial charge on any atom is 0.261 e. The van der Waals surface area contributed by atoms with Gasteiger partial charge in [0.25, 0.3) is 8.32 Å². The summed E-state index contributed by atoms with van der Waals surface area (Å²) in [6, 6.07) is 29.4. The van der Waals surface area contributed by atoms with Crippen LogP contribution in [0.3, 0.4) is 0 Å². The second-order valence-corrected chi connectivity index (χ2v) is 21.2. The molecule has 8 heteroatoms. The van der Waals surface area contributed by atoms with Crippen LogP contribution in [-0.4, -0.2) is 65.0 Å². The fourth-order valence-corrected chi connectivity index (χ4v) is 14.2. The summed E-state index contributed by atoms with van der Waals surface area (Å²) < 4.78 is 32.5. The van der Waals surface area contributed by atoms with E-state index in [2.05, 4.69) is 113 Å². The van der Waals surface area contributed by atoms with E-state index >= 15 is 0 Å². The second kappa shape index (κ2) is 18.9. The highest BCUT2D eigenvalue weighted by atomic mass is 28.4. The number of hydrogen-bond donors (Lipinski definition) is 2. The smallest absolute Gasteiger partial charge is 0.261 e. The van der Waals surface area contributed by atoms with Gasteiger partial charge < -0.3 is 33.6 Å². The van der Waals surface area contributed by atoms with Gasteiger partial charge in [-0.05, 0) is 89.6 Å². The highest BCUT2D eigenvalue weighted by molar-refractivity contribution is 6.99. The lowest BCUT2D eigenvalue weighted by Crippen LogP contribution is -2.66. The Morgan fingerprint density at radius 1 is 0.911 bits per heavy atom. The van der Waals surface area contributed by atoms with Gasteiger partial charge in [-0.1, -0.05) is 131 Å². The molecule has 3 aromatic carbocycles. The standard InChI is InChI=1S/C48H64O7Si/c1-7-8-9-10-11-14-19-36-32-42-44-43(40(36)29-31-54-56(47(2,3)4,38-20-15-12-16-21-38)39-22-17-13-18-23-39)41(45(50)52-6)28-30-48(42,33-49)34-53-46(55-44)35-24-26-37(51-5)27-25-35/h7-8,12-13,15-18,20-28,32,36,40,43-46,49-50H,9-11,14,19,29-31,33-34H2,1-6H3/b8-7+/t36-,40+,43?,44?,45?,46?,48?/m1/s1. The van der Waals surface area contributed by atoms with Crippen molar-refractivity contribution in [1.82, 2.24) is 0 Å². The number of aliphatic hydroxyl groups is 2. The number of benzene rings is 3. The monoisotopic (exact) mass is 780 g/mol. The Morgan fingerprint density at radius 3 is 2.18 bits per heavy atom. The molecule has 0 aromatic heterocycles. The molecule has 0 amide bonds. The van der Waals surface area contributed by atoms with Crippen molar-refractivity contribution in [1.29, 1.82) is 0 Å². The van der Waals surface area contributed by atoms with Crippen LogP contribution >= 0.6 is 0 Å². The SMILES string of the molecule is C/C=C/CCCCC[C@@H]1C=C2C3OC(c4ccc(OC)cc4)OCC2(CO)CC=C(C(O)OC)C3[C@H]1CCO[Si](c1ccccc1)(c1ccccc1)C(C)(C)C. The van der Waals surface area contributed by atoms with Gasteiger partial charge in [0.2, 0.25) is 0 Å². The lowest BCUT2D eigenvalue weighted by Gasteiger charge is -2.47. The van der Waals surface area contributed by atoms with Crippen LogP contribution in [0, 0.1) is 23.2 Å². The number of unbranched alkanes of at least 4 members (excludes halogenated alkanes) is 3. The van der Waals surface area contributed by atoms with Crippen molar-refractivity contribution < 1.29 is 33.6 Å². The minimum absolute atomic E-state index is 0.0673. The zero-order chi connectivity index (χ0) is 39.8. The summed E-state index contributed by atoms with van der Waals surface area (Å²) in [5.74, 6) is 0.773. The third kappa shape index (κ3) is 8.72. The Labute approximate surface area is 336 Å². The maximum atomic E-state index is 11.7. The minimum atomic E-state index is -2.81. The second-order valence-electron chi connectivity index (χ2n) is 16.9. The normalized spacial score (nSPS) is 25.9. The molecule has 56 heavy (non-hydrogen) atoms. The van der Waals surface area contributed by atoms with Crippen molar-refractivity contribution in [2.24, 2.45) is 23.2 Å². The maximum absolute atomic E-state index is 11.7. The van der Waals surface area contributed by atoms with Crippen LogP contribution in [0.2, 0.25) is 5.04 Å². The zero-order valence-corrected chi connectivity index (χ0v) is 35.4. The highest BCUT2D eigenvalue weighted by Gasteiger charge is 2.55. The molecule has 7 atom stereocenters. The van der Waals surface area contributed by atoms with Crippen LogP contribution in [0.4, 0.5) is 0 Å². The molecule has 0 spiro atoms. The van der Waals surface area contributed by atoms with E-state index in [1.807, 2.05) is 24.3 Å². The van der Waals surface area contributed by atoms with E-state index in [0.29, 0.717) is 19.6 Å². The summed E-state index contributed by atoms with van der Waals surface area (Å²) in [6.07, 6.45) is 13.4. The molecule has 7 nitrogen and oxygen atoms in total. The van der Waals surface area contributed by atoms with Crippen molar-refractivity contribution in [2.75, 3.05) is 34.0 Å². The molecule has 6 rings (SSSR count). The first-order valence-corrected chi connectivity index (χ1v) is 22.5. The zero-order valence-electron chi connectivity index (χ0n) is 34.4. The molecule has 3 aliphatic rings. The fraction of sp³-hybridized carbons (Fsp3) is 0.500. The Balaban J connectivity index is 1.42. The van der Waals surface area contributed by atoms with Gasteiger partial charge in [0.15, 0.2) is 12.6 Å². The van der Waals surface area contributed by atoms with Gasteiger partial charge in [0.05, 0.1) is 26.4 Å². The third-order valence-corrected chi connectivity index (χ3v) is 17.6. The molecule has 2 N–H and O–H groups in total. The van der Waals surface area contributed by atoms with Gasteiger partial charge in [-0.2, -0.15) is 0 Å². The number of aliphatic hydroxyl groups excluding tert-OH is 2. The molecule has 0 saturated carbocycles. The molecule has 1 saturated heterocycles. The lowest BCUT2D eigenvalue weighted by atomic mass is 9.62. The molecule has 1 heterocycles. The van der Waals surface area contributed by atoms with Crippen LogP contribution in [0.25, 0.3) is 0 Å². The first-order chi connectivity index (χ1) is 27.1. The highest BCUT2D eigenvalue weighted by Crippen LogP contribution is 2.55. The van der Waals surface area contributed by atoms with E-state index in [4.69, 9.17) is 23.4 Å². The Kier molecular flexibility index (Phi) is 14.3. The van der Waals surface area contributed by atoms with Gasteiger partial charge >= 0.3 is 0 Å². The molecule has 5 unspecified atom stereocenters. The summed E-state index contributed by atoms with van der Waals surface area (Å²) in [5.41, 5.74) is 2.09. The molecular weight excluding hydrogens is 717 g/mol. The largest absolute Gasteiger partial charge is 0.497 e. The van der Waals surface area contributed by atoms with Crippen LogP contribution < -0.4 is 15.1 Å². The number of hydrogen-bond acceptors (Lipinski definition) is 7. The third-order valence-electron chi connectivity index (χ3n) is 12.6. The quantitative estimate of drug-likeness (QED) is 0.0614. The van der Waals surface area contributed by atoms with Crippen molar-refractivity contribution in [3.8, 4) is 5.75 Å². The van der Waals surface area contributed by atoms with Crippen LogP contribution in [0.5, 0.6) is 5.75 Å². The lowest BCUT2D eigenvalue weighted by molar-refractivity contribution is -0.176. The van der Waals surface area contributed by atoms with Gasteiger partial charge in [0.1, 0.15) is 5.75 Å². The van der Waals surface area contributed by atoms with Gasteiger partial charge in [-0.25, -0.2) is 0 Å². The number of methoxy groups -OCH3 is 2. The Morgan fingerprint density at radius 2 is 1.59 bits per heavy atom. The predicted molar refractivity (Wildman–Crippen MR) is 226 cm³/mol. The average Bonchev–Trinajstić information content (AvgIpc) is 3.43. The fourth-order valence-electron chi connectivity index (χ4n) is 9.63. The summed E-state index contributed by atoms with van der Waals surface area (Å²) in [5, 5.41) is 25.3. The molecule has 1 fully saturated rings. The van der Waals surface area contributed by atoms with Crippen LogP contribution in [0.15, 0.2) is 120 Å². The topological polar surface area (TPSA) is 86.6 Å². The van der Waals surface area contributed by atoms with Gasteiger partial charge in [0, 0.05) is 30.6 Å². The van der Waals surface area contributed by atoms with E-state index in [0.717, 1.165) is 61.0 Å². The Hall–Kier alpha value is -3.34. The first-order valence-electron chi connectivity index (χ1n) is 20.6. The van der Waals surface area contributed by atoms with E-state index < -0.39 is 32.4 Å². The van der Waals surface area contributed by atoms with Crippen molar-refractivity contribution in [3.05, 3.63) is 126 Å². The molecule has 1 aliphatic heterocycles. The van der Waals surface area contributed by atoms with Gasteiger partial charge in [-0.15, -0.1) is 0 Å². The molecular formula is C48H64O7Si. The summed E-state index contributed by atoms with van der Waals surface area (Å²) in [6.45, 7) is 9.78.